The topological polar surface area (TPSA) is 78.7 Å². The number of nitrogens with one attached hydrogen (secondary N) is 1. The fraction of sp³-hybridized carbons (Fsp3) is 0.333. The standard InChI is InChI=1S/C15H16N4OS/c1-15(2,10-16)19-13(20)4-3-12-9-21-14(18-12)11-5-7-17-8-6-11/h5-9H,3-4H2,1-2H3,(H,19,20). The van der Waals surface area contributed by atoms with Crippen LogP contribution in [0.15, 0.2) is 29.9 Å². The predicted octanol–water partition coefficient (Wildman–Crippen LogP) is 2.56. The van der Waals surface area contributed by atoms with E-state index in [2.05, 4.69) is 15.3 Å². The predicted molar refractivity (Wildman–Crippen MR) is 81.5 cm³/mol. The molecule has 1 amide bonds. The number of carbonyl (C=O) groups excluding carboxylic acids is 1. The van der Waals surface area contributed by atoms with Gasteiger partial charge in [0, 0.05) is 29.8 Å². The Bertz CT molecular complexity index is 658. The van der Waals surface area contributed by atoms with E-state index < -0.39 is 5.54 Å². The van der Waals surface area contributed by atoms with Gasteiger partial charge in [-0.15, -0.1) is 11.3 Å². The monoisotopic (exact) mass is 300 g/mol. The van der Waals surface area contributed by atoms with Crippen molar-refractivity contribution in [2.75, 3.05) is 0 Å². The van der Waals surface area contributed by atoms with E-state index in [-0.39, 0.29) is 5.91 Å². The van der Waals surface area contributed by atoms with Crippen LogP contribution < -0.4 is 5.32 Å². The van der Waals surface area contributed by atoms with Crippen LogP contribution in [0, 0.1) is 11.3 Å². The smallest absolute Gasteiger partial charge is 0.221 e. The van der Waals surface area contributed by atoms with Crippen LogP contribution in [0.3, 0.4) is 0 Å². The molecule has 0 spiro atoms. The summed E-state index contributed by atoms with van der Waals surface area (Å²) in [6.07, 6.45) is 4.35. The van der Waals surface area contributed by atoms with Gasteiger partial charge in [0.05, 0.1) is 11.8 Å². The maximum Gasteiger partial charge on any atom is 0.221 e. The molecule has 6 heteroatoms. The number of hydrogen-bond acceptors (Lipinski definition) is 5. The molecule has 0 aliphatic rings. The van der Waals surface area contributed by atoms with Crippen LogP contribution in [-0.2, 0) is 11.2 Å². The summed E-state index contributed by atoms with van der Waals surface area (Å²) in [7, 11) is 0. The molecule has 0 saturated heterocycles. The van der Waals surface area contributed by atoms with E-state index in [0.717, 1.165) is 16.3 Å². The quantitative estimate of drug-likeness (QED) is 0.920. The first-order valence-corrected chi connectivity index (χ1v) is 7.45. The number of pyridine rings is 1. The second-order valence-corrected chi connectivity index (χ2v) is 6.02. The van der Waals surface area contributed by atoms with Crippen LogP contribution in [0.25, 0.3) is 10.6 Å². The van der Waals surface area contributed by atoms with Gasteiger partial charge in [0.1, 0.15) is 10.5 Å². The summed E-state index contributed by atoms with van der Waals surface area (Å²) in [6, 6.07) is 5.86. The number of nitriles is 1. The van der Waals surface area contributed by atoms with Gasteiger partial charge in [-0.1, -0.05) is 0 Å². The maximum atomic E-state index is 11.8. The molecule has 0 fully saturated rings. The minimum absolute atomic E-state index is 0.139. The Morgan fingerprint density at radius 3 is 2.81 bits per heavy atom. The zero-order chi connectivity index (χ0) is 15.3. The Kier molecular flexibility index (Phi) is 4.66. The highest BCUT2D eigenvalue weighted by molar-refractivity contribution is 7.13. The largest absolute Gasteiger partial charge is 0.338 e. The van der Waals surface area contributed by atoms with Gasteiger partial charge in [-0.25, -0.2) is 4.98 Å². The molecule has 2 aromatic rings. The summed E-state index contributed by atoms with van der Waals surface area (Å²) in [4.78, 5) is 20.3. The third-order valence-electron chi connectivity index (χ3n) is 2.82. The van der Waals surface area contributed by atoms with Gasteiger partial charge < -0.3 is 5.32 Å². The van der Waals surface area contributed by atoms with Gasteiger partial charge >= 0.3 is 0 Å². The van der Waals surface area contributed by atoms with Crippen molar-refractivity contribution in [2.24, 2.45) is 0 Å². The number of amides is 1. The fourth-order valence-corrected chi connectivity index (χ4v) is 2.59. The average Bonchev–Trinajstić information content (AvgIpc) is 2.95. The molecule has 0 atom stereocenters. The zero-order valence-corrected chi connectivity index (χ0v) is 12.8. The third kappa shape index (κ3) is 4.36. The number of hydrogen-bond donors (Lipinski definition) is 1. The molecule has 5 nitrogen and oxygen atoms in total. The maximum absolute atomic E-state index is 11.8. The molecular weight excluding hydrogens is 284 g/mol. The minimum Gasteiger partial charge on any atom is -0.338 e. The molecule has 0 radical (unpaired) electrons. The van der Waals surface area contributed by atoms with Crippen molar-refractivity contribution < 1.29 is 4.79 Å². The van der Waals surface area contributed by atoms with E-state index >= 15 is 0 Å². The summed E-state index contributed by atoms with van der Waals surface area (Å²) >= 11 is 1.55. The van der Waals surface area contributed by atoms with Crippen LogP contribution >= 0.6 is 11.3 Å². The summed E-state index contributed by atoms with van der Waals surface area (Å²) in [5, 5.41) is 14.4. The molecule has 2 rings (SSSR count). The number of nitrogens with zero attached hydrogens (tertiary/aromatic N) is 3. The van der Waals surface area contributed by atoms with E-state index in [1.807, 2.05) is 23.6 Å². The summed E-state index contributed by atoms with van der Waals surface area (Å²) < 4.78 is 0. The fourth-order valence-electron chi connectivity index (χ4n) is 1.73. The highest BCUT2D eigenvalue weighted by atomic mass is 32.1. The lowest BCUT2D eigenvalue weighted by Gasteiger charge is -2.16. The number of thiazole rings is 1. The lowest BCUT2D eigenvalue weighted by Crippen LogP contribution is -2.42. The number of aryl methyl sites for hydroxylation is 1. The SMILES string of the molecule is CC(C)(C#N)NC(=O)CCc1csc(-c2ccncc2)n1. The van der Waals surface area contributed by atoms with Crippen molar-refractivity contribution in [3.63, 3.8) is 0 Å². The first-order chi connectivity index (χ1) is 10.00. The van der Waals surface area contributed by atoms with E-state index in [4.69, 9.17) is 5.26 Å². The molecule has 0 aromatic carbocycles. The number of carbonyl (C=O) groups is 1. The highest BCUT2D eigenvalue weighted by Crippen LogP contribution is 2.23. The van der Waals surface area contributed by atoms with E-state index in [1.54, 1.807) is 37.6 Å². The molecule has 108 valence electrons. The Hall–Kier alpha value is -2.26. The highest BCUT2D eigenvalue weighted by Gasteiger charge is 2.19. The van der Waals surface area contributed by atoms with Crippen LogP contribution in [-0.4, -0.2) is 21.4 Å². The minimum atomic E-state index is -0.832. The van der Waals surface area contributed by atoms with Crippen LogP contribution in [0.1, 0.15) is 26.0 Å². The normalized spacial score (nSPS) is 10.9. The number of rotatable bonds is 5. The molecule has 2 aromatic heterocycles. The van der Waals surface area contributed by atoms with Crippen molar-refractivity contribution in [1.29, 1.82) is 5.26 Å². The summed E-state index contributed by atoms with van der Waals surface area (Å²) in [6.45, 7) is 3.35. The van der Waals surface area contributed by atoms with Crippen LogP contribution in [0.2, 0.25) is 0 Å². The van der Waals surface area contributed by atoms with Gasteiger partial charge in [0.25, 0.3) is 0 Å². The first-order valence-electron chi connectivity index (χ1n) is 6.57. The van der Waals surface area contributed by atoms with E-state index in [9.17, 15) is 4.79 Å². The Balaban J connectivity index is 1.92. The molecule has 0 unspecified atom stereocenters. The molecule has 21 heavy (non-hydrogen) atoms. The van der Waals surface area contributed by atoms with Crippen molar-refractivity contribution in [2.45, 2.75) is 32.2 Å². The first kappa shape index (κ1) is 15.1. The second-order valence-electron chi connectivity index (χ2n) is 5.16. The molecule has 2 heterocycles. The molecular formula is C15H16N4OS. The van der Waals surface area contributed by atoms with Gasteiger partial charge in [0.15, 0.2) is 0 Å². The molecule has 0 aliphatic heterocycles. The Labute approximate surface area is 127 Å². The molecule has 0 aliphatic carbocycles. The van der Waals surface area contributed by atoms with Crippen molar-refractivity contribution in [3.05, 3.63) is 35.6 Å². The Morgan fingerprint density at radius 1 is 1.43 bits per heavy atom. The molecule has 1 N–H and O–H groups in total. The summed E-state index contributed by atoms with van der Waals surface area (Å²) in [5.74, 6) is -0.139. The summed E-state index contributed by atoms with van der Waals surface area (Å²) in [5.41, 5.74) is 1.08. The van der Waals surface area contributed by atoms with Gasteiger partial charge in [-0.05, 0) is 32.4 Å². The van der Waals surface area contributed by atoms with Gasteiger partial charge in [-0.2, -0.15) is 5.26 Å². The number of aromatic nitrogens is 2. The van der Waals surface area contributed by atoms with Gasteiger partial charge in [0.2, 0.25) is 5.91 Å². The molecule has 0 saturated carbocycles. The lowest BCUT2D eigenvalue weighted by molar-refractivity contribution is -0.122. The van der Waals surface area contributed by atoms with E-state index in [1.165, 1.54) is 0 Å². The van der Waals surface area contributed by atoms with E-state index in [0.29, 0.717) is 12.8 Å². The zero-order valence-electron chi connectivity index (χ0n) is 12.0. The van der Waals surface area contributed by atoms with Crippen LogP contribution in [0.4, 0.5) is 0 Å². The third-order valence-corrected chi connectivity index (χ3v) is 3.76. The van der Waals surface area contributed by atoms with Gasteiger partial charge in [-0.3, -0.25) is 9.78 Å². The van der Waals surface area contributed by atoms with Crippen molar-refractivity contribution >= 4 is 17.2 Å². The lowest BCUT2D eigenvalue weighted by atomic mass is 10.1. The Morgan fingerprint density at radius 2 is 2.14 bits per heavy atom. The average molecular weight is 300 g/mol. The van der Waals surface area contributed by atoms with Crippen LogP contribution in [0.5, 0.6) is 0 Å². The molecule has 0 bridgehead atoms. The van der Waals surface area contributed by atoms with Crippen molar-refractivity contribution in [1.82, 2.24) is 15.3 Å². The van der Waals surface area contributed by atoms with Crippen molar-refractivity contribution in [3.8, 4) is 16.6 Å². The second kappa shape index (κ2) is 6.46.